The van der Waals surface area contributed by atoms with E-state index in [4.69, 9.17) is 5.73 Å². The van der Waals surface area contributed by atoms with Gasteiger partial charge in [-0.3, -0.25) is 4.79 Å². The fraction of sp³-hybridized carbons (Fsp3) is 0.500. The molecule has 0 radical (unpaired) electrons. The number of hydrogen-bond acceptors (Lipinski definition) is 2. The van der Waals surface area contributed by atoms with Gasteiger partial charge in [-0.25, -0.2) is 0 Å². The molecule has 17 heavy (non-hydrogen) atoms. The summed E-state index contributed by atoms with van der Waals surface area (Å²) in [7, 11) is 0. The van der Waals surface area contributed by atoms with E-state index < -0.39 is 0 Å². The van der Waals surface area contributed by atoms with Gasteiger partial charge in [-0.15, -0.1) is 0 Å². The lowest BCUT2D eigenvalue weighted by Gasteiger charge is -2.26. The van der Waals surface area contributed by atoms with Crippen LogP contribution in [0, 0.1) is 0 Å². The zero-order valence-electron chi connectivity index (χ0n) is 10.1. The van der Waals surface area contributed by atoms with Crippen molar-refractivity contribution in [2.75, 3.05) is 6.54 Å². The van der Waals surface area contributed by atoms with Crippen molar-refractivity contribution >= 4 is 5.91 Å². The number of amides is 1. The molecular weight excluding hydrogens is 212 g/mol. The molecule has 1 unspecified atom stereocenters. The number of carbonyl (C=O) groups is 1. The van der Waals surface area contributed by atoms with E-state index in [0.717, 1.165) is 13.0 Å². The van der Waals surface area contributed by atoms with Gasteiger partial charge in [0.1, 0.15) is 0 Å². The molecule has 3 N–H and O–H groups in total. The first kappa shape index (κ1) is 12.1. The number of carbonyl (C=O) groups excluding carboxylic acids is 1. The molecule has 0 bridgehead atoms. The SMILES string of the molecule is NC(=O)CCCNC1CCCc2ccccc21. The minimum absolute atomic E-state index is 0.212. The molecule has 1 aromatic rings. The van der Waals surface area contributed by atoms with Crippen LogP contribution in [0.4, 0.5) is 0 Å². The molecule has 0 spiro atoms. The van der Waals surface area contributed by atoms with E-state index in [1.807, 2.05) is 0 Å². The molecule has 1 atom stereocenters. The first-order chi connectivity index (χ1) is 8.27. The second-order valence-corrected chi connectivity index (χ2v) is 4.67. The van der Waals surface area contributed by atoms with Crippen molar-refractivity contribution in [1.82, 2.24) is 5.32 Å². The molecule has 1 aliphatic carbocycles. The lowest BCUT2D eigenvalue weighted by molar-refractivity contribution is -0.118. The molecule has 0 saturated heterocycles. The molecule has 3 heteroatoms. The fourth-order valence-electron chi connectivity index (χ4n) is 2.50. The van der Waals surface area contributed by atoms with Crippen molar-refractivity contribution in [3.05, 3.63) is 35.4 Å². The Morgan fingerprint density at radius 3 is 3.06 bits per heavy atom. The summed E-state index contributed by atoms with van der Waals surface area (Å²) in [5, 5.41) is 3.53. The Labute approximate surface area is 102 Å². The summed E-state index contributed by atoms with van der Waals surface area (Å²) in [6.45, 7) is 0.863. The number of aryl methyl sites for hydroxylation is 1. The van der Waals surface area contributed by atoms with Crippen molar-refractivity contribution < 1.29 is 4.79 Å². The molecule has 3 nitrogen and oxygen atoms in total. The lowest BCUT2D eigenvalue weighted by Crippen LogP contribution is -2.26. The highest BCUT2D eigenvalue weighted by Crippen LogP contribution is 2.29. The third kappa shape index (κ3) is 3.30. The van der Waals surface area contributed by atoms with Crippen LogP contribution in [0.25, 0.3) is 0 Å². The number of hydrogen-bond donors (Lipinski definition) is 2. The van der Waals surface area contributed by atoms with Gasteiger partial charge in [0, 0.05) is 12.5 Å². The van der Waals surface area contributed by atoms with E-state index >= 15 is 0 Å². The maximum absolute atomic E-state index is 10.6. The number of benzene rings is 1. The number of primary amides is 1. The molecule has 0 fully saturated rings. The Kier molecular flexibility index (Phi) is 4.15. The highest BCUT2D eigenvalue weighted by molar-refractivity contribution is 5.73. The first-order valence-corrected chi connectivity index (χ1v) is 6.37. The molecule has 0 aliphatic heterocycles. The molecule has 0 aromatic heterocycles. The first-order valence-electron chi connectivity index (χ1n) is 6.37. The Balaban J connectivity index is 1.88. The van der Waals surface area contributed by atoms with Crippen molar-refractivity contribution in [2.45, 2.75) is 38.1 Å². The standard InChI is InChI=1S/C14H20N2O/c15-14(17)9-4-10-16-13-8-3-6-11-5-1-2-7-12(11)13/h1-2,5,7,13,16H,3-4,6,8-10H2,(H2,15,17). The average molecular weight is 232 g/mol. The highest BCUT2D eigenvalue weighted by atomic mass is 16.1. The lowest BCUT2D eigenvalue weighted by atomic mass is 9.88. The zero-order valence-corrected chi connectivity index (χ0v) is 10.1. The highest BCUT2D eigenvalue weighted by Gasteiger charge is 2.18. The van der Waals surface area contributed by atoms with E-state index in [9.17, 15) is 4.79 Å². The minimum atomic E-state index is -0.212. The Morgan fingerprint density at radius 1 is 1.41 bits per heavy atom. The quantitative estimate of drug-likeness (QED) is 0.762. The number of nitrogens with two attached hydrogens (primary N) is 1. The fourth-order valence-corrected chi connectivity index (χ4v) is 2.50. The third-order valence-electron chi connectivity index (χ3n) is 3.36. The summed E-state index contributed by atoms with van der Waals surface area (Å²) < 4.78 is 0. The number of nitrogens with one attached hydrogen (secondary N) is 1. The van der Waals surface area contributed by atoms with Gasteiger partial charge >= 0.3 is 0 Å². The van der Waals surface area contributed by atoms with E-state index in [2.05, 4.69) is 29.6 Å². The molecule has 92 valence electrons. The monoisotopic (exact) mass is 232 g/mol. The second-order valence-electron chi connectivity index (χ2n) is 4.67. The van der Waals surface area contributed by atoms with Crippen LogP contribution in [0.15, 0.2) is 24.3 Å². The van der Waals surface area contributed by atoms with Crippen LogP contribution in [0.3, 0.4) is 0 Å². The van der Waals surface area contributed by atoms with Gasteiger partial charge in [0.15, 0.2) is 0 Å². The Morgan fingerprint density at radius 2 is 2.24 bits per heavy atom. The second kappa shape index (κ2) is 5.82. The minimum Gasteiger partial charge on any atom is -0.370 e. The predicted octanol–water partition coefficient (Wildman–Crippen LogP) is 1.92. The molecule has 1 amide bonds. The van der Waals surface area contributed by atoms with Gasteiger partial charge in [0.25, 0.3) is 0 Å². The van der Waals surface area contributed by atoms with Crippen LogP contribution < -0.4 is 11.1 Å². The summed E-state index contributed by atoms with van der Waals surface area (Å²) in [6.07, 6.45) is 4.92. The molecule has 2 rings (SSSR count). The topological polar surface area (TPSA) is 55.1 Å². The van der Waals surface area contributed by atoms with E-state index in [1.54, 1.807) is 0 Å². The maximum atomic E-state index is 10.6. The van der Waals surface area contributed by atoms with Gasteiger partial charge in [-0.2, -0.15) is 0 Å². The normalized spacial score (nSPS) is 18.7. The Hall–Kier alpha value is -1.35. The van der Waals surface area contributed by atoms with E-state index in [-0.39, 0.29) is 5.91 Å². The van der Waals surface area contributed by atoms with Crippen LogP contribution in [0.5, 0.6) is 0 Å². The molecular formula is C14H20N2O. The largest absolute Gasteiger partial charge is 0.370 e. The molecule has 0 saturated carbocycles. The summed E-state index contributed by atoms with van der Waals surface area (Å²) in [4.78, 5) is 10.6. The van der Waals surface area contributed by atoms with Crippen molar-refractivity contribution in [1.29, 1.82) is 0 Å². The van der Waals surface area contributed by atoms with Gasteiger partial charge in [0.2, 0.25) is 5.91 Å². The molecule has 0 heterocycles. The van der Waals surface area contributed by atoms with E-state index in [1.165, 1.54) is 30.4 Å². The predicted molar refractivity (Wildman–Crippen MR) is 68.6 cm³/mol. The third-order valence-corrected chi connectivity index (χ3v) is 3.36. The smallest absolute Gasteiger partial charge is 0.217 e. The van der Waals surface area contributed by atoms with Crippen molar-refractivity contribution in [3.8, 4) is 0 Å². The summed E-state index contributed by atoms with van der Waals surface area (Å²) >= 11 is 0. The maximum Gasteiger partial charge on any atom is 0.217 e. The molecule has 1 aromatic carbocycles. The van der Waals surface area contributed by atoms with Crippen molar-refractivity contribution in [2.24, 2.45) is 5.73 Å². The molecule has 1 aliphatic rings. The van der Waals surface area contributed by atoms with Crippen LogP contribution in [-0.2, 0) is 11.2 Å². The van der Waals surface area contributed by atoms with Gasteiger partial charge < -0.3 is 11.1 Å². The Bertz CT molecular complexity index is 390. The summed E-state index contributed by atoms with van der Waals surface area (Å²) in [5.41, 5.74) is 8.01. The van der Waals surface area contributed by atoms with Crippen LogP contribution >= 0.6 is 0 Å². The van der Waals surface area contributed by atoms with Crippen molar-refractivity contribution in [3.63, 3.8) is 0 Å². The van der Waals surface area contributed by atoms with Gasteiger partial charge in [-0.05, 0) is 43.4 Å². The zero-order chi connectivity index (χ0) is 12.1. The van der Waals surface area contributed by atoms with Gasteiger partial charge in [-0.1, -0.05) is 24.3 Å². The van der Waals surface area contributed by atoms with Crippen LogP contribution in [0.2, 0.25) is 0 Å². The number of fused-ring (bicyclic) bond motifs is 1. The summed E-state index contributed by atoms with van der Waals surface area (Å²) in [5.74, 6) is -0.212. The number of rotatable bonds is 5. The van der Waals surface area contributed by atoms with E-state index in [0.29, 0.717) is 12.5 Å². The van der Waals surface area contributed by atoms with Crippen LogP contribution in [-0.4, -0.2) is 12.5 Å². The summed E-state index contributed by atoms with van der Waals surface area (Å²) in [6, 6.07) is 9.08. The average Bonchev–Trinajstić information content (AvgIpc) is 2.34. The van der Waals surface area contributed by atoms with Gasteiger partial charge in [0.05, 0.1) is 0 Å². The van der Waals surface area contributed by atoms with Crippen LogP contribution in [0.1, 0.15) is 42.9 Å².